The lowest BCUT2D eigenvalue weighted by Gasteiger charge is -2.19. The second-order valence-electron chi connectivity index (χ2n) is 5.26. The number of aromatic nitrogens is 1. The van der Waals surface area contributed by atoms with Crippen LogP contribution in [0.25, 0.3) is 0 Å². The molecule has 1 N–H and O–H groups in total. The molecule has 0 saturated carbocycles. The molecule has 0 aliphatic rings. The van der Waals surface area contributed by atoms with E-state index in [0.29, 0.717) is 5.69 Å². The number of anilines is 3. The van der Waals surface area contributed by atoms with Crippen molar-refractivity contribution in [1.82, 2.24) is 4.98 Å². The largest absolute Gasteiger partial charge is 0.345 e. The topological polar surface area (TPSA) is 45.2 Å². The van der Waals surface area contributed by atoms with Crippen LogP contribution >= 0.6 is 0 Å². The molecule has 0 aliphatic heterocycles. The molecular formula is C19H16FN3O. The van der Waals surface area contributed by atoms with Crippen molar-refractivity contribution in [2.45, 2.75) is 0 Å². The average Bonchev–Trinajstić information content (AvgIpc) is 2.62. The Morgan fingerprint density at radius 1 is 1.00 bits per heavy atom. The third-order valence-corrected chi connectivity index (χ3v) is 3.59. The molecule has 1 amide bonds. The molecule has 0 fully saturated rings. The summed E-state index contributed by atoms with van der Waals surface area (Å²) in [6, 6.07) is 19.1. The SMILES string of the molecule is CN(c1ccccc1)c1ccnc(C(=O)Nc2cccc(F)c2)c1. The van der Waals surface area contributed by atoms with E-state index in [1.807, 2.05) is 48.3 Å². The number of carbonyl (C=O) groups excluding carboxylic acids is 1. The van der Waals surface area contributed by atoms with Gasteiger partial charge >= 0.3 is 0 Å². The van der Waals surface area contributed by atoms with E-state index in [1.165, 1.54) is 18.2 Å². The number of nitrogens with one attached hydrogen (secondary N) is 1. The molecule has 1 aromatic heterocycles. The Bertz CT molecular complexity index is 852. The number of nitrogens with zero attached hydrogens (tertiary/aromatic N) is 2. The molecule has 0 atom stereocenters. The fourth-order valence-electron chi connectivity index (χ4n) is 2.31. The van der Waals surface area contributed by atoms with Gasteiger partial charge in [-0.3, -0.25) is 9.78 Å². The Hall–Kier alpha value is -3.21. The lowest BCUT2D eigenvalue weighted by atomic mass is 10.2. The van der Waals surface area contributed by atoms with Crippen LogP contribution in [0.3, 0.4) is 0 Å². The Kier molecular flexibility index (Phi) is 4.52. The Labute approximate surface area is 139 Å². The number of para-hydroxylation sites is 1. The van der Waals surface area contributed by atoms with E-state index >= 15 is 0 Å². The predicted octanol–water partition coefficient (Wildman–Crippen LogP) is 4.24. The highest BCUT2D eigenvalue weighted by atomic mass is 19.1. The van der Waals surface area contributed by atoms with Crippen LogP contribution in [0.4, 0.5) is 21.5 Å². The molecule has 2 aromatic carbocycles. The number of hydrogen-bond donors (Lipinski definition) is 1. The lowest BCUT2D eigenvalue weighted by molar-refractivity contribution is 0.102. The van der Waals surface area contributed by atoms with Gasteiger partial charge in [0.2, 0.25) is 0 Å². The van der Waals surface area contributed by atoms with Crippen molar-refractivity contribution in [1.29, 1.82) is 0 Å². The maximum Gasteiger partial charge on any atom is 0.274 e. The third kappa shape index (κ3) is 3.57. The Morgan fingerprint density at radius 3 is 2.54 bits per heavy atom. The molecule has 5 heteroatoms. The lowest BCUT2D eigenvalue weighted by Crippen LogP contribution is -2.15. The summed E-state index contributed by atoms with van der Waals surface area (Å²) in [4.78, 5) is 18.4. The van der Waals surface area contributed by atoms with Crippen molar-refractivity contribution in [2.24, 2.45) is 0 Å². The zero-order valence-electron chi connectivity index (χ0n) is 13.1. The van der Waals surface area contributed by atoms with Gasteiger partial charge < -0.3 is 10.2 Å². The van der Waals surface area contributed by atoms with Gasteiger partial charge in [0.15, 0.2) is 0 Å². The van der Waals surface area contributed by atoms with Crippen LogP contribution in [0.15, 0.2) is 72.9 Å². The van der Waals surface area contributed by atoms with Gasteiger partial charge in [-0.05, 0) is 42.5 Å². The van der Waals surface area contributed by atoms with E-state index in [9.17, 15) is 9.18 Å². The quantitative estimate of drug-likeness (QED) is 0.782. The van der Waals surface area contributed by atoms with Gasteiger partial charge in [-0.2, -0.15) is 0 Å². The second-order valence-corrected chi connectivity index (χ2v) is 5.26. The minimum Gasteiger partial charge on any atom is -0.345 e. The van der Waals surface area contributed by atoms with Crippen LogP contribution in [-0.2, 0) is 0 Å². The number of hydrogen-bond acceptors (Lipinski definition) is 3. The highest BCUT2D eigenvalue weighted by Crippen LogP contribution is 2.23. The average molecular weight is 321 g/mol. The first-order chi connectivity index (χ1) is 11.6. The first-order valence-corrected chi connectivity index (χ1v) is 7.45. The molecular weight excluding hydrogens is 305 g/mol. The molecule has 3 rings (SSSR count). The fraction of sp³-hybridized carbons (Fsp3) is 0.0526. The van der Waals surface area contributed by atoms with Gasteiger partial charge in [0.25, 0.3) is 5.91 Å². The number of carbonyl (C=O) groups is 1. The van der Waals surface area contributed by atoms with E-state index in [2.05, 4.69) is 10.3 Å². The summed E-state index contributed by atoms with van der Waals surface area (Å²) in [5, 5.41) is 2.64. The first kappa shape index (κ1) is 15.7. The summed E-state index contributed by atoms with van der Waals surface area (Å²) in [7, 11) is 1.92. The number of benzene rings is 2. The molecule has 4 nitrogen and oxygen atoms in total. The normalized spacial score (nSPS) is 10.2. The third-order valence-electron chi connectivity index (χ3n) is 3.59. The predicted molar refractivity (Wildman–Crippen MR) is 93.1 cm³/mol. The summed E-state index contributed by atoms with van der Waals surface area (Å²) in [6.45, 7) is 0. The second kappa shape index (κ2) is 6.91. The molecule has 120 valence electrons. The van der Waals surface area contributed by atoms with E-state index in [0.717, 1.165) is 11.4 Å². The molecule has 0 aliphatic carbocycles. The Morgan fingerprint density at radius 2 is 1.79 bits per heavy atom. The molecule has 0 radical (unpaired) electrons. The highest BCUT2D eigenvalue weighted by Gasteiger charge is 2.11. The van der Waals surface area contributed by atoms with Gasteiger partial charge in [-0.25, -0.2) is 4.39 Å². The van der Waals surface area contributed by atoms with Crippen molar-refractivity contribution >= 4 is 23.0 Å². The van der Waals surface area contributed by atoms with Gasteiger partial charge in [-0.1, -0.05) is 24.3 Å². The molecule has 3 aromatic rings. The number of rotatable bonds is 4. The number of pyridine rings is 1. The van der Waals surface area contributed by atoms with Gasteiger partial charge in [0.05, 0.1) is 0 Å². The highest BCUT2D eigenvalue weighted by molar-refractivity contribution is 6.03. The van der Waals surface area contributed by atoms with Gasteiger partial charge in [0, 0.05) is 30.3 Å². The van der Waals surface area contributed by atoms with Crippen molar-refractivity contribution in [3.05, 3.63) is 84.4 Å². The van der Waals surface area contributed by atoms with Gasteiger partial charge in [-0.15, -0.1) is 0 Å². The van der Waals surface area contributed by atoms with Crippen LogP contribution in [-0.4, -0.2) is 17.9 Å². The van der Waals surface area contributed by atoms with E-state index < -0.39 is 5.82 Å². The summed E-state index contributed by atoms with van der Waals surface area (Å²) in [6.07, 6.45) is 1.58. The number of halogens is 1. The standard InChI is InChI=1S/C19H16FN3O/c1-23(16-8-3-2-4-9-16)17-10-11-21-18(13-17)19(24)22-15-7-5-6-14(20)12-15/h2-13H,1H3,(H,22,24). The van der Waals surface area contributed by atoms with Crippen LogP contribution in [0.5, 0.6) is 0 Å². The molecule has 24 heavy (non-hydrogen) atoms. The van der Waals surface area contributed by atoms with Crippen LogP contribution in [0.2, 0.25) is 0 Å². The maximum atomic E-state index is 13.2. The van der Waals surface area contributed by atoms with E-state index in [4.69, 9.17) is 0 Å². The first-order valence-electron chi connectivity index (χ1n) is 7.45. The summed E-state index contributed by atoms with van der Waals surface area (Å²) in [5.74, 6) is -0.790. The van der Waals surface area contributed by atoms with Crippen LogP contribution in [0.1, 0.15) is 10.5 Å². The summed E-state index contributed by atoms with van der Waals surface area (Å²) < 4.78 is 13.2. The monoisotopic (exact) mass is 321 g/mol. The summed E-state index contributed by atoms with van der Waals surface area (Å²) >= 11 is 0. The molecule has 1 heterocycles. The number of amides is 1. The zero-order valence-corrected chi connectivity index (χ0v) is 13.1. The van der Waals surface area contributed by atoms with Gasteiger partial charge in [0.1, 0.15) is 11.5 Å². The van der Waals surface area contributed by atoms with Crippen molar-refractivity contribution < 1.29 is 9.18 Å². The molecule has 0 saturated heterocycles. The molecule has 0 unspecified atom stereocenters. The smallest absolute Gasteiger partial charge is 0.274 e. The Balaban J connectivity index is 1.81. The molecule has 0 spiro atoms. The summed E-state index contributed by atoms with van der Waals surface area (Å²) in [5.41, 5.74) is 2.49. The fourth-order valence-corrected chi connectivity index (χ4v) is 2.31. The van der Waals surface area contributed by atoms with Crippen LogP contribution < -0.4 is 10.2 Å². The van der Waals surface area contributed by atoms with Crippen molar-refractivity contribution in [3.63, 3.8) is 0 Å². The zero-order chi connectivity index (χ0) is 16.9. The van der Waals surface area contributed by atoms with Crippen LogP contribution in [0, 0.1) is 5.82 Å². The van der Waals surface area contributed by atoms with E-state index in [-0.39, 0.29) is 11.6 Å². The van der Waals surface area contributed by atoms with E-state index in [1.54, 1.807) is 18.3 Å². The minimum absolute atomic E-state index is 0.263. The van der Waals surface area contributed by atoms with Crippen molar-refractivity contribution in [2.75, 3.05) is 17.3 Å². The maximum absolute atomic E-state index is 13.2. The molecule has 0 bridgehead atoms. The van der Waals surface area contributed by atoms with Crippen molar-refractivity contribution in [3.8, 4) is 0 Å². The minimum atomic E-state index is -0.404.